The van der Waals surface area contributed by atoms with Gasteiger partial charge in [-0.15, -0.1) is 0 Å². The van der Waals surface area contributed by atoms with Gasteiger partial charge in [0.15, 0.2) is 0 Å². The van der Waals surface area contributed by atoms with Crippen LogP contribution in [-0.2, 0) is 13.5 Å². The number of rotatable bonds is 4. The molecule has 0 fully saturated rings. The van der Waals surface area contributed by atoms with Crippen molar-refractivity contribution in [3.05, 3.63) is 42.1 Å². The number of nitrogens with two attached hydrogens (primary N) is 1. The lowest BCUT2D eigenvalue weighted by molar-refractivity contribution is 0.727. The predicted molar refractivity (Wildman–Crippen MR) is 66.0 cm³/mol. The molecule has 0 spiro atoms. The minimum atomic E-state index is 0.719. The van der Waals surface area contributed by atoms with Crippen molar-refractivity contribution in [2.24, 2.45) is 12.8 Å². The first-order valence-electron chi connectivity index (χ1n) is 5.59. The van der Waals surface area contributed by atoms with E-state index >= 15 is 0 Å². The molecular formula is C13H17N3. The zero-order valence-electron chi connectivity index (χ0n) is 9.56. The maximum Gasteiger partial charge on any atom is 0.0681 e. The van der Waals surface area contributed by atoms with E-state index in [4.69, 9.17) is 5.73 Å². The molecule has 84 valence electrons. The van der Waals surface area contributed by atoms with Gasteiger partial charge in [-0.3, -0.25) is 4.68 Å². The van der Waals surface area contributed by atoms with E-state index in [0.29, 0.717) is 0 Å². The molecule has 0 radical (unpaired) electrons. The van der Waals surface area contributed by atoms with Gasteiger partial charge < -0.3 is 5.73 Å². The largest absolute Gasteiger partial charge is 0.330 e. The molecular weight excluding hydrogens is 198 g/mol. The minimum absolute atomic E-state index is 0.719. The highest BCUT2D eigenvalue weighted by Crippen LogP contribution is 2.19. The van der Waals surface area contributed by atoms with Gasteiger partial charge in [0.05, 0.1) is 11.4 Å². The highest BCUT2D eigenvalue weighted by Gasteiger charge is 2.06. The van der Waals surface area contributed by atoms with Gasteiger partial charge >= 0.3 is 0 Å². The molecule has 0 saturated heterocycles. The highest BCUT2D eigenvalue weighted by molar-refractivity contribution is 5.59. The van der Waals surface area contributed by atoms with E-state index in [-0.39, 0.29) is 0 Å². The summed E-state index contributed by atoms with van der Waals surface area (Å²) in [4.78, 5) is 0. The zero-order chi connectivity index (χ0) is 11.4. The molecule has 3 nitrogen and oxygen atoms in total. The number of hydrogen-bond acceptors (Lipinski definition) is 2. The second-order valence-corrected chi connectivity index (χ2v) is 3.90. The van der Waals surface area contributed by atoms with E-state index in [2.05, 4.69) is 23.3 Å². The molecule has 1 aromatic heterocycles. The fourth-order valence-electron chi connectivity index (χ4n) is 1.81. The molecule has 2 rings (SSSR count). The minimum Gasteiger partial charge on any atom is -0.330 e. The van der Waals surface area contributed by atoms with Gasteiger partial charge in [0.2, 0.25) is 0 Å². The molecule has 0 amide bonds. The lowest BCUT2D eigenvalue weighted by Crippen LogP contribution is -2.01. The van der Waals surface area contributed by atoms with Gasteiger partial charge in [0, 0.05) is 7.05 Å². The summed E-state index contributed by atoms with van der Waals surface area (Å²) in [5, 5.41) is 4.49. The number of aromatic nitrogens is 2. The first-order chi connectivity index (χ1) is 7.81. The average Bonchev–Trinajstić information content (AvgIpc) is 2.69. The maximum atomic E-state index is 5.50. The van der Waals surface area contributed by atoms with E-state index in [9.17, 15) is 0 Å². The van der Waals surface area contributed by atoms with Crippen LogP contribution >= 0.6 is 0 Å². The summed E-state index contributed by atoms with van der Waals surface area (Å²) >= 11 is 0. The standard InChI is InChI=1S/C13H17N3/c1-16-13(11-6-3-2-4-7-11)10-12(15-16)8-5-9-14/h2-4,6-7,10H,5,8-9,14H2,1H3. The van der Waals surface area contributed by atoms with Crippen molar-refractivity contribution in [3.8, 4) is 11.3 Å². The van der Waals surface area contributed by atoms with Crippen molar-refractivity contribution < 1.29 is 0 Å². The van der Waals surface area contributed by atoms with Crippen LogP contribution < -0.4 is 5.73 Å². The molecule has 0 unspecified atom stereocenters. The van der Waals surface area contributed by atoms with E-state index in [1.54, 1.807) is 0 Å². The molecule has 1 aromatic carbocycles. The van der Waals surface area contributed by atoms with E-state index in [0.717, 1.165) is 30.8 Å². The number of nitrogens with zero attached hydrogens (tertiary/aromatic N) is 2. The Kier molecular flexibility index (Phi) is 3.37. The third-order valence-corrected chi connectivity index (χ3v) is 2.64. The van der Waals surface area contributed by atoms with Gasteiger partial charge in [-0.05, 0) is 31.0 Å². The summed E-state index contributed by atoms with van der Waals surface area (Å²) in [5.41, 5.74) is 8.98. The summed E-state index contributed by atoms with van der Waals surface area (Å²) in [5.74, 6) is 0. The molecule has 0 atom stereocenters. The van der Waals surface area contributed by atoms with Crippen LogP contribution in [-0.4, -0.2) is 16.3 Å². The predicted octanol–water partition coefficient (Wildman–Crippen LogP) is 1.98. The second-order valence-electron chi connectivity index (χ2n) is 3.90. The summed E-state index contributed by atoms with van der Waals surface area (Å²) in [6.07, 6.45) is 1.95. The topological polar surface area (TPSA) is 43.8 Å². The molecule has 3 heteroatoms. The van der Waals surface area contributed by atoms with Crippen LogP contribution in [0.3, 0.4) is 0 Å². The lowest BCUT2D eigenvalue weighted by Gasteiger charge is -1.99. The molecule has 1 heterocycles. The molecule has 0 aliphatic carbocycles. The van der Waals surface area contributed by atoms with Crippen LogP contribution in [0.2, 0.25) is 0 Å². The van der Waals surface area contributed by atoms with Gasteiger partial charge in [-0.1, -0.05) is 30.3 Å². The Balaban J connectivity index is 2.25. The van der Waals surface area contributed by atoms with E-state index < -0.39 is 0 Å². The van der Waals surface area contributed by atoms with E-state index in [1.165, 1.54) is 5.56 Å². The van der Waals surface area contributed by atoms with Gasteiger partial charge in [-0.2, -0.15) is 5.10 Å². The molecule has 16 heavy (non-hydrogen) atoms. The molecule has 2 N–H and O–H groups in total. The second kappa shape index (κ2) is 4.94. The summed E-state index contributed by atoms with van der Waals surface area (Å²) in [6, 6.07) is 12.5. The Morgan fingerprint density at radius 3 is 2.69 bits per heavy atom. The van der Waals surface area contributed by atoms with Crippen LogP contribution in [0.15, 0.2) is 36.4 Å². The highest BCUT2D eigenvalue weighted by atomic mass is 15.3. The quantitative estimate of drug-likeness (QED) is 0.847. The Bertz CT molecular complexity index is 445. The third-order valence-electron chi connectivity index (χ3n) is 2.64. The molecule has 0 saturated carbocycles. The third kappa shape index (κ3) is 2.31. The number of benzene rings is 1. The Morgan fingerprint density at radius 1 is 1.25 bits per heavy atom. The van der Waals surface area contributed by atoms with Crippen molar-refractivity contribution in [2.75, 3.05) is 6.54 Å². The van der Waals surface area contributed by atoms with Crippen molar-refractivity contribution in [2.45, 2.75) is 12.8 Å². The number of aryl methyl sites for hydroxylation is 2. The van der Waals surface area contributed by atoms with Crippen LogP contribution in [0, 0.1) is 0 Å². The monoisotopic (exact) mass is 215 g/mol. The summed E-state index contributed by atoms with van der Waals surface area (Å²) < 4.78 is 1.93. The zero-order valence-corrected chi connectivity index (χ0v) is 9.56. The first kappa shape index (κ1) is 10.9. The SMILES string of the molecule is Cn1nc(CCCN)cc1-c1ccccc1. The Labute approximate surface area is 95.9 Å². The Hall–Kier alpha value is -1.61. The van der Waals surface area contributed by atoms with Crippen LogP contribution in [0.4, 0.5) is 0 Å². The van der Waals surface area contributed by atoms with Crippen LogP contribution in [0.25, 0.3) is 11.3 Å². The lowest BCUT2D eigenvalue weighted by atomic mass is 10.1. The number of hydrogen-bond donors (Lipinski definition) is 1. The van der Waals surface area contributed by atoms with Crippen molar-refractivity contribution >= 4 is 0 Å². The first-order valence-corrected chi connectivity index (χ1v) is 5.59. The maximum absolute atomic E-state index is 5.50. The molecule has 0 aliphatic rings. The average molecular weight is 215 g/mol. The van der Waals surface area contributed by atoms with Crippen molar-refractivity contribution in [1.29, 1.82) is 0 Å². The normalized spacial score (nSPS) is 10.6. The van der Waals surface area contributed by atoms with Crippen LogP contribution in [0.5, 0.6) is 0 Å². The van der Waals surface area contributed by atoms with Crippen molar-refractivity contribution in [3.63, 3.8) is 0 Å². The van der Waals surface area contributed by atoms with Gasteiger partial charge in [0.1, 0.15) is 0 Å². The summed E-state index contributed by atoms with van der Waals surface area (Å²) in [6.45, 7) is 0.719. The van der Waals surface area contributed by atoms with Gasteiger partial charge in [0.25, 0.3) is 0 Å². The molecule has 0 bridgehead atoms. The van der Waals surface area contributed by atoms with Crippen LogP contribution in [0.1, 0.15) is 12.1 Å². The molecule has 0 aliphatic heterocycles. The fraction of sp³-hybridized carbons (Fsp3) is 0.308. The van der Waals surface area contributed by atoms with E-state index in [1.807, 2.05) is 29.9 Å². The molecule has 2 aromatic rings. The Morgan fingerprint density at radius 2 is 2.00 bits per heavy atom. The fourth-order valence-corrected chi connectivity index (χ4v) is 1.81. The smallest absolute Gasteiger partial charge is 0.0681 e. The summed E-state index contributed by atoms with van der Waals surface area (Å²) in [7, 11) is 1.98. The van der Waals surface area contributed by atoms with Crippen molar-refractivity contribution in [1.82, 2.24) is 9.78 Å². The van der Waals surface area contributed by atoms with Gasteiger partial charge in [-0.25, -0.2) is 0 Å².